The Morgan fingerprint density at radius 2 is 1.40 bits per heavy atom. The van der Waals surface area contributed by atoms with Gasteiger partial charge < -0.3 is 19.5 Å². The molecule has 4 aromatic carbocycles. The van der Waals surface area contributed by atoms with Crippen LogP contribution in [0.2, 0.25) is 0 Å². The van der Waals surface area contributed by atoms with Crippen molar-refractivity contribution in [2.45, 2.75) is 44.0 Å². The van der Waals surface area contributed by atoms with Crippen LogP contribution < -0.4 is 9.64 Å². The van der Waals surface area contributed by atoms with E-state index in [4.69, 9.17) is 20.2 Å². The van der Waals surface area contributed by atoms with Gasteiger partial charge in [-0.15, -0.1) is 0 Å². The summed E-state index contributed by atoms with van der Waals surface area (Å²) >= 11 is 0. The van der Waals surface area contributed by atoms with Gasteiger partial charge in [0.1, 0.15) is 34.5 Å². The molecule has 2 amide bonds. The smallest absolute Gasteiger partial charge is 0.333 e. The molecule has 250 valence electrons. The molecule has 1 N–H and O–H groups in total. The number of nitrogens with zero attached hydrogens (tertiary/aromatic N) is 2. The van der Waals surface area contributed by atoms with E-state index in [1.807, 2.05) is 60.7 Å². The number of esters is 1. The van der Waals surface area contributed by atoms with Gasteiger partial charge in [0.2, 0.25) is 5.91 Å². The SMILES string of the molecule is C=C(C)C(C(=O)OCc1ccc(OC)cc1)N1C(=O)C(N(C(C)=O)c2ccccc2)C1S(=O)Cl.OC(c1ccccc1)c1ccccc1. The normalized spacial score (nSPS) is 16.5. The van der Waals surface area contributed by atoms with Crippen LogP contribution in [0.3, 0.4) is 0 Å². The third-order valence-electron chi connectivity index (χ3n) is 7.63. The highest BCUT2D eigenvalue weighted by atomic mass is 35.7. The Bertz CT molecular complexity index is 1680. The second kappa shape index (κ2) is 16.9. The average Bonchev–Trinajstić information content (AvgIpc) is 3.10. The number of hydrogen-bond donors (Lipinski definition) is 1. The molecule has 0 radical (unpaired) electrons. The Hall–Kier alpha value is -4.77. The second-order valence-electron chi connectivity index (χ2n) is 11.0. The van der Waals surface area contributed by atoms with Crippen molar-refractivity contribution < 1.29 is 33.2 Å². The first kappa shape index (κ1) is 36.1. The minimum atomic E-state index is -2.09. The Labute approximate surface area is 287 Å². The summed E-state index contributed by atoms with van der Waals surface area (Å²) in [4.78, 5) is 41.0. The van der Waals surface area contributed by atoms with Crippen LogP contribution in [0.4, 0.5) is 5.69 Å². The molecule has 48 heavy (non-hydrogen) atoms. The molecule has 0 saturated carbocycles. The number of likely N-dealkylation sites (tertiary alicyclic amines) is 1. The summed E-state index contributed by atoms with van der Waals surface area (Å²) in [7, 11) is 5.43. The van der Waals surface area contributed by atoms with Gasteiger partial charge in [-0.3, -0.25) is 14.5 Å². The number of benzene rings is 4. The molecular formula is C37H37ClN2O7S. The Kier molecular flexibility index (Phi) is 12.7. The van der Waals surface area contributed by atoms with Crippen molar-refractivity contribution >= 4 is 44.2 Å². The number of amides is 2. The Morgan fingerprint density at radius 3 is 1.83 bits per heavy atom. The summed E-state index contributed by atoms with van der Waals surface area (Å²) in [5.74, 6) is -1.08. The van der Waals surface area contributed by atoms with Gasteiger partial charge in [0.25, 0.3) is 5.91 Å². The zero-order valence-corrected chi connectivity index (χ0v) is 28.3. The molecule has 4 aromatic rings. The van der Waals surface area contributed by atoms with Crippen LogP contribution in [0.25, 0.3) is 0 Å². The molecule has 0 bridgehead atoms. The molecule has 4 atom stereocenters. The van der Waals surface area contributed by atoms with Crippen molar-refractivity contribution in [2.24, 2.45) is 0 Å². The second-order valence-corrected chi connectivity index (χ2v) is 12.9. The molecule has 11 heteroatoms. The predicted octanol–water partition coefficient (Wildman–Crippen LogP) is 5.94. The van der Waals surface area contributed by atoms with Gasteiger partial charge in [0.15, 0.2) is 11.4 Å². The van der Waals surface area contributed by atoms with E-state index in [0.717, 1.165) is 16.0 Å². The first-order valence-electron chi connectivity index (χ1n) is 15.0. The molecule has 1 aliphatic rings. The number of carbonyl (C=O) groups excluding carboxylic acids is 3. The van der Waals surface area contributed by atoms with Crippen LogP contribution in [0.15, 0.2) is 127 Å². The van der Waals surface area contributed by atoms with Crippen LogP contribution in [-0.4, -0.2) is 56.6 Å². The first-order chi connectivity index (χ1) is 23.0. The number of rotatable bonds is 11. The van der Waals surface area contributed by atoms with E-state index < -0.39 is 51.4 Å². The van der Waals surface area contributed by atoms with Crippen molar-refractivity contribution in [1.29, 1.82) is 0 Å². The molecular weight excluding hydrogens is 652 g/mol. The van der Waals surface area contributed by atoms with Gasteiger partial charge in [0.05, 0.1) is 7.11 Å². The highest BCUT2D eigenvalue weighted by Crippen LogP contribution is 2.36. The van der Waals surface area contributed by atoms with Crippen LogP contribution in [-0.2, 0) is 35.7 Å². The topological polar surface area (TPSA) is 113 Å². The van der Waals surface area contributed by atoms with Crippen molar-refractivity contribution in [3.05, 3.63) is 144 Å². The summed E-state index contributed by atoms with van der Waals surface area (Å²) < 4.78 is 23.0. The number of aliphatic hydroxyl groups excluding tert-OH is 1. The first-order valence-corrected chi connectivity index (χ1v) is 17.1. The standard InChI is InChI=1S/C24H25ClN2O6S.C13H12O/c1-15(2)20(24(30)33-14-17-10-12-19(32-4)13-11-17)27-22(29)21(23(27)34(25)31)26(16(3)28)18-8-6-5-7-9-18;14-13(11-7-3-1-4-8-11)12-9-5-2-6-10-12/h5-13,20-21,23H,1,14H2,2-4H3;1-10,13-14H. The zero-order chi connectivity index (χ0) is 34.8. The van der Waals surface area contributed by atoms with Gasteiger partial charge in [-0.25, -0.2) is 9.00 Å². The molecule has 0 aromatic heterocycles. The lowest BCUT2D eigenvalue weighted by Crippen LogP contribution is -2.75. The van der Waals surface area contributed by atoms with E-state index in [0.29, 0.717) is 22.6 Å². The summed E-state index contributed by atoms with van der Waals surface area (Å²) in [5.41, 5.74) is 3.34. The van der Waals surface area contributed by atoms with Gasteiger partial charge in [-0.05, 0) is 64.1 Å². The molecule has 0 aliphatic carbocycles. The van der Waals surface area contributed by atoms with Crippen LogP contribution in [0, 0.1) is 0 Å². The molecule has 5 rings (SSSR count). The number of methoxy groups -OCH3 is 1. The molecule has 9 nitrogen and oxygen atoms in total. The largest absolute Gasteiger partial charge is 0.497 e. The quantitative estimate of drug-likeness (QED) is 0.0898. The Balaban J connectivity index is 0.000000307. The van der Waals surface area contributed by atoms with E-state index in [-0.39, 0.29) is 6.61 Å². The number of hydrogen-bond acceptors (Lipinski definition) is 7. The summed E-state index contributed by atoms with van der Waals surface area (Å²) in [5, 5.41) is 8.86. The Morgan fingerprint density at radius 1 is 0.896 bits per heavy atom. The van der Waals surface area contributed by atoms with E-state index in [1.165, 1.54) is 11.8 Å². The minimum absolute atomic E-state index is 0.0454. The summed E-state index contributed by atoms with van der Waals surface area (Å²) in [6, 6.07) is 32.5. The van der Waals surface area contributed by atoms with E-state index in [2.05, 4.69) is 6.58 Å². The number of β-lactam (4-membered cyclic amide) rings is 1. The monoisotopic (exact) mass is 688 g/mol. The molecule has 4 unspecified atom stereocenters. The van der Waals surface area contributed by atoms with Crippen molar-refractivity contribution in [1.82, 2.24) is 4.90 Å². The van der Waals surface area contributed by atoms with E-state index in [9.17, 15) is 23.7 Å². The third kappa shape index (κ3) is 8.57. The zero-order valence-electron chi connectivity index (χ0n) is 26.8. The minimum Gasteiger partial charge on any atom is -0.497 e. The fourth-order valence-corrected chi connectivity index (χ4v) is 6.67. The maximum atomic E-state index is 13.3. The summed E-state index contributed by atoms with van der Waals surface area (Å²) in [6.07, 6.45) is -0.516. The van der Waals surface area contributed by atoms with Crippen LogP contribution >= 0.6 is 10.7 Å². The van der Waals surface area contributed by atoms with E-state index in [1.54, 1.807) is 68.6 Å². The third-order valence-corrected chi connectivity index (χ3v) is 9.04. The number of para-hydroxylation sites is 1. The number of aliphatic hydroxyl groups is 1. The molecule has 1 aliphatic heterocycles. The van der Waals surface area contributed by atoms with Gasteiger partial charge in [-0.1, -0.05) is 97.6 Å². The lowest BCUT2D eigenvalue weighted by molar-refractivity contribution is -0.162. The number of ether oxygens (including phenoxy) is 2. The fourth-order valence-electron chi connectivity index (χ4n) is 5.27. The number of carbonyl (C=O) groups is 3. The molecule has 1 saturated heterocycles. The number of anilines is 1. The maximum Gasteiger partial charge on any atom is 0.333 e. The fraction of sp³-hybridized carbons (Fsp3) is 0.216. The lowest BCUT2D eigenvalue weighted by Gasteiger charge is -2.51. The van der Waals surface area contributed by atoms with Crippen molar-refractivity contribution in [2.75, 3.05) is 12.0 Å². The van der Waals surface area contributed by atoms with Crippen molar-refractivity contribution in [3.63, 3.8) is 0 Å². The highest BCUT2D eigenvalue weighted by molar-refractivity contribution is 8.08. The van der Waals surface area contributed by atoms with E-state index >= 15 is 0 Å². The number of halogens is 1. The van der Waals surface area contributed by atoms with Crippen LogP contribution in [0.5, 0.6) is 5.75 Å². The molecule has 0 spiro atoms. The predicted molar refractivity (Wildman–Crippen MR) is 186 cm³/mol. The van der Waals surface area contributed by atoms with Gasteiger partial charge in [-0.2, -0.15) is 0 Å². The summed E-state index contributed by atoms with van der Waals surface area (Å²) in [6.45, 7) is 6.63. The van der Waals surface area contributed by atoms with Gasteiger partial charge >= 0.3 is 5.97 Å². The maximum absolute atomic E-state index is 13.3. The highest BCUT2D eigenvalue weighted by Gasteiger charge is 2.59. The average molecular weight is 689 g/mol. The van der Waals surface area contributed by atoms with Crippen molar-refractivity contribution in [3.8, 4) is 5.75 Å². The molecule has 1 heterocycles. The van der Waals surface area contributed by atoms with Crippen LogP contribution in [0.1, 0.15) is 36.6 Å². The molecule has 1 fully saturated rings. The lowest BCUT2D eigenvalue weighted by atomic mass is 9.97. The van der Waals surface area contributed by atoms with Gasteiger partial charge in [0, 0.05) is 12.6 Å².